The molecule has 4 nitrogen and oxygen atoms in total. The van der Waals surface area contributed by atoms with E-state index in [2.05, 4.69) is 20.9 Å². The van der Waals surface area contributed by atoms with Crippen molar-refractivity contribution < 1.29 is 0 Å². The van der Waals surface area contributed by atoms with Crippen LogP contribution < -0.4 is 16.0 Å². The number of nitrogens with one attached hydrogen (secondary N) is 3. The summed E-state index contributed by atoms with van der Waals surface area (Å²) in [4.78, 5) is 4.18. The molecular formula is C7H10N4. The molecule has 3 N–H and O–H groups in total. The van der Waals surface area contributed by atoms with Crippen LogP contribution in [0.5, 0.6) is 0 Å². The maximum atomic E-state index is 4.18. The summed E-state index contributed by atoms with van der Waals surface area (Å²) < 4.78 is 0. The fourth-order valence-corrected chi connectivity index (χ4v) is 1.23. The van der Waals surface area contributed by atoms with Gasteiger partial charge in [0.2, 0.25) is 0 Å². The van der Waals surface area contributed by atoms with Gasteiger partial charge in [0.05, 0.1) is 6.34 Å². The van der Waals surface area contributed by atoms with E-state index in [-0.39, 0.29) is 6.17 Å². The average molecular weight is 150 g/mol. The zero-order chi connectivity index (χ0) is 7.68. The van der Waals surface area contributed by atoms with Crippen molar-refractivity contribution in [3.05, 3.63) is 23.7 Å². The van der Waals surface area contributed by atoms with Crippen LogP contribution in [0.2, 0.25) is 0 Å². The van der Waals surface area contributed by atoms with Crippen LogP contribution in [0.4, 0.5) is 0 Å². The third-order valence-electron chi connectivity index (χ3n) is 1.78. The molecule has 0 saturated heterocycles. The molecule has 2 heterocycles. The summed E-state index contributed by atoms with van der Waals surface area (Å²) in [5.41, 5.74) is 1.16. The van der Waals surface area contributed by atoms with Crippen LogP contribution in [0.1, 0.15) is 0 Å². The predicted molar refractivity (Wildman–Crippen MR) is 43.8 cm³/mol. The first kappa shape index (κ1) is 6.27. The molecule has 2 aliphatic rings. The Morgan fingerprint density at radius 1 is 1.64 bits per heavy atom. The van der Waals surface area contributed by atoms with Gasteiger partial charge in [-0.15, -0.1) is 0 Å². The molecule has 0 aromatic heterocycles. The van der Waals surface area contributed by atoms with Crippen molar-refractivity contribution in [3.8, 4) is 0 Å². The lowest BCUT2D eigenvalue weighted by atomic mass is 10.2. The van der Waals surface area contributed by atoms with Crippen molar-refractivity contribution >= 4 is 6.34 Å². The Bertz CT molecular complexity index is 251. The molecular weight excluding hydrogens is 140 g/mol. The van der Waals surface area contributed by atoms with Crippen molar-refractivity contribution in [2.24, 2.45) is 4.99 Å². The van der Waals surface area contributed by atoms with Gasteiger partial charge < -0.3 is 16.0 Å². The molecule has 0 aromatic rings. The topological polar surface area (TPSA) is 48.5 Å². The summed E-state index contributed by atoms with van der Waals surface area (Å²) in [7, 11) is 1.89. The minimum atomic E-state index is 0.110. The van der Waals surface area contributed by atoms with Crippen LogP contribution >= 0.6 is 0 Å². The summed E-state index contributed by atoms with van der Waals surface area (Å²) in [5, 5.41) is 9.19. The molecule has 0 aliphatic carbocycles. The number of rotatable bonds is 1. The van der Waals surface area contributed by atoms with Gasteiger partial charge in [-0.1, -0.05) is 0 Å². The highest BCUT2D eigenvalue weighted by molar-refractivity contribution is 5.62. The van der Waals surface area contributed by atoms with Gasteiger partial charge >= 0.3 is 0 Å². The Morgan fingerprint density at radius 2 is 2.55 bits per heavy atom. The molecule has 2 aliphatic heterocycles. The highest BCUT2D eigenvalue weighted by Crippen LogP contribution is 2.15. The Hall–Kier alpha value is -1.45. The second-order valence-corrected chi connectivity index (χ2v) is 2.41. The van der Waals surface area contributed by atoms with E-state index in [1.165, 1.54) is 0 Å². The summed E-state index contributed by atoms with van der Waals surface area (Å²) >= 11 is 0. The summed E-state index contributed by atoms with van der Waals surface area (Å²) in [6.45, 7) is 0. The zero-order valence-corrected chi connectivity index (χ0v) is 6.26. The lowest BCUT2D eigenvalue weighted by molar-refractivity contribution is 0.697. The summed E-state index contributed by atoms with van der Waals surface area (Å²) in [5.74, 6) is 1.02. The number of hydrogen-bond donors (Lipinski definition) is 3. The number of aliphatic imine (C=N–C) groups is 1. The van der Waals surface area contributed by atoms with Gasteiger partial charge in [0.15, 0.2) is 0 Å². The first-order valence-electron chi connectivity index (χ1n) is 3.54. The molecule has 0 radical (unpaired) electrons. The van der Waals surface area contributed by atoms with Crippen LogP contribution in [0.25, 0.3) is 0 Å². The lowest BCUT2D eigenvalue weighted by Gasteiger charge is -2.18. The van der Waals surface area contributed by atoms with Gasteiger partial charge in [-0.05, 0) is 12.3 Å². The van der Waals surface area contributed by atoms with E-state index in [0.717, 1.165) is 11.4 Å². The Balaban J connectivity index is 2.33. The first-order chi connectivity index (χ1) is 5.42. The summed E-state index contributed by atoms with van der Waals surface area (Å²) in [6, 6.07) is 0. The minimum absolute atomic E-state index is 0.110. The molecule has 11 heavy (non-hydrogen) atoms. The van der Waals surface area contributed by atoms with E-state index in [1.807, 2.05) is 19.3 Å². The molecule has 0 amide bonds. The molecule has 2 rings (SSSR count). The van der Waals surface area contributed by atoms with Gasteiger partial charge in [0, 0.05) is 12.6 Å². The molecule has 0 saturated carbocycles. The van der Waals surface area contributed by atoms with Crippen molar-refractivity contribution in [1.29, 1.82) is 0 Å². The van der Waals surface area contributed by atoms with Gasteiger partial charge in [-0.2, -0.15) is 0 Å². The number of hydrogen-bond acceptors (Lipinski definition) is 4. The number of nitrogens with zero attached hydrogens (tertiary/aromatic N) is 1. The number of fused-ring (bicyclic) bond motifs is 1. The monoisotopic (exact) mass is 150 g/mol. The van der Waals surface area contributed by atoms with Crippen molar-refractivity contribution in [1.82, 2.24) is 16.0 Å². The maximum absolute atomic E-state index is 4.18. The highest BCUT2D eigenvalue weighted by atomic mass is 15.2. The highest BCUT2D eigenvalue weighted by Gasteiger charge is 2.19. The molecule has 1 atom stereocenters. The Labute approximate surface area is 65.1 Å². The fraction of sp³-hybridized carbons (Fsp3) is 0.286. The predicted octanol–water partition coefficient (Wildman–Crippen LogP) is -0.508. The van der Waals surface area contributed by atoms with E-state index in [4.69, 9.17) is 0 Å². The zero-order valence-electron chi connectivity index (χ0n) is 6.26. The van der Waals surface area contributed by atoms with Gasteiger partial charge in [-0.25, -0.2) is 4.99 Å². The van der Waals surface area contributed by atoms with E-state index in [1.54, 1.807) is 6.34 Å². The van der Waals surface area contributed by atoms with E-state index in [9.17, 15) is 0 Å². The second-order valence-electron chi connectivity index (χ2n) is 2.41. The average Bonchev–Trinajstić information content (AvgIpc) is 2.50. The lowest BCUT2D eigenvalue weighted by Crippen LogP contribution is -2.33. The van der Waals surface area contributed by atoms with Crippen LogP contribution in [0, 0.1) is 0 Å². The van der Waals surface area contributed by atoms with Crippen molar-refractivity contribution in [2.45, 2.75) is 6.17 Å². The fourth-order valence-electron chi connectivity index (χ4n) is 1.23. The van der Waals surface area contributed by atoms with Crippen LogP contribution in [0.15, 0.2) is 28.7 Å². The first-order valence-corrected chi connectivity index (χ1v) is 3.54. The molecule has 0 fully saturated rings. The molecule has 58 valence electrons. The summed E-state index contributed by atoms with van der Waals surface area (Å²) in [6.07, 6.45) is 5.72. The third-order valence-corrected chi connectivity index (χ3v) is 1.78. The normalized spacial score (nSPS) is 26.1. The van der Waals surface area contributed by atoms with Crippen LogP contribution in [0.3, 0.4) is 0 Å². The minimum Gasteiger partial charge on any atom is -0.374 e. The molecule has 1 unspecified atom stereocenters. The van der Waals surface area contributed by atoms with Crippen LogP contribution in [-0.4, -0.2) is 19.6 Å². The van der Waals surface area contributed by atoms with Crippen LogP contribution in [-0.2, 0) is 0 Å². The smallest absolute Gasteiger partial charge is 0.149 e. The molecule has 4 heteroatoms. The molecule has 0 spiro atoms. The van der Waals surface area contributed by atoms with Crippen molar-refractivity contribution in [2.75, 3.05) is 7.05 Å². The molecule has 0 bridgehead atoms. The molecule has 0 aromatic carbocycles. The van der Waals surface area contributed by atoms with Gasteiger partial charge in [0.25, 0.3) is 0 Å². The second kappa shape index (κ2) is 2.30. The maximum Gasteiger partial charge on any atom is 0.149 e. The Morgan fingerprint density at radius 3 is 3.36 bits per heavy atom. The third kappa shape index (κ3) is 0.869. The van der Waals surface area contributed by atoms with E-state index in [0.29, 0.717) is 0 Å². The van der Waals surface area contributed by atoms with Gasteiger partial charge in [0.1, 0.15) is 12.0 Å². The van der Waals surface area contributed by atoms with Crippen molar-refractivity contribution in [3.63, 3.8) is 0 Å². The quantitative estimate of drug-likeness (QED) is 0.472. The van der Waals surface area contributed by atoms with E-state index < -0.39 is 0 Å². The SMILES string of the molecule is CNC1=C2C=CNC2N=CN1. The van der Waals surface area contributed by atoms with Gasteiger partial charge in [-0.3, -0.25) is 0 Å². The Kier molecular flexibility index (Phi) is 1.31. The standard InChI is InChI=1S/C7H10N4/c1-8-6-5-2-3-9-7(5)11-4-10-6/h2-4,7-9H,1H3,(H,10,11). The van der Waals surface area contributed by atoms with E-state index >= 15 is 0 Å². The largest absolute Gasteiger partial charge is 0.374 e.